The number of amides is 1. The molecule has 2 heterocycles. The second-order valence-electron chi connectivity index (χ2n) is 6.39. The summed E-state index contributed by atoms with van der Waals surface area (Å²) in [6.07, 6.45) is 1.50. The lowest BCUT2D eigenvalue weighted by molar-refractivity contribution is 0.0395. The van der Waals surface area contributed by atoms with Gasteiger partial charge in [0.15, 0.2) is 0 Å². The van der Waals surface area contributed by atoms with Gasteiger partial charge >= 0.3 is 0 Å². The number of rotatable bonds is 4. The van der Waals surface area contributed by atoms with Crippen LogP contribution in [0.5, 0.6) is 0 Å². The van der Waals surface area contributed by atoms with E-state index in [2.05, 4.69) is 15.2 Å². The zero-order valence-corrected chi connectivity index (χ0v) is 14.4. The highest BCUT2D eigenvalue weighted by Crippen LogP contribution is 2.25. The number of ether oxygens (including phenoxy) is 1. The summed E-state index contributed by atoms with van der Waals surface area (Å²) in [5.41, 5.74) is 1.52. The molecule has 0 spiro atoms. The summed E-state index contributed by atoms with van der Waals surface area (Å²) in [6, 6.07) is 9.94. The number of aromatic nitrogens is 1. The number of benzene rings is 1. The summed E-state index contributed by atoms with van der Waals surface area (Å²) in [5, 5.41) is 2.88. The van der Waals surface area contributed by atoms with Gasteiger partial charge in [0.05, 0.1) is 6.61 Å². The first-order valence-corrected chi connectivity index (χ1v) is 8.42. The Bertz CT molecular complexity index is 734. The molecule has 1 aromatic heterocycles. The number of morpholine rings is 1. The second-order valence-corrected chi connectivity index (χ2v) is 6.39. The minimum absolute atomic E-state index is 0.0790. The third-order valence-electron chi connectivity index (χ3n) is 4.06. The lowest BCUT2D eigenvalue weighted by Gasteiger charge is -2.34. The Labute approximate surface area is 146 Å². The third kappa shape index (κ3) is 4.33. The number of nitrogens with zero attached hydrogens (tertiary/aromatic N) is 2. The van der Waals surface area contributed by atoms with Crippen LogP contribution in [0.3, 0.4) is 0 Å². The van der Waals surface area contributed by atoms with Crippen molar-refractivity contribution in [2.45, 2.75) is 26.0 Å². The molecule has 0 radical (unpaired) electrons. The third-order valence-corrected chi connectivity index (χ3v) is 4.06. The highest BCUT2D eigenvalue weighted by atomic mass is 19.1. The highest BCUT2D eigenvalue weighted by Gasteiger charge is 2.23. The zero-order chi connectivity index (χ0) is 17.8. The summed E-state index contributed by atoms with van der Waals surface area (Å²) in [6.45, 7) is 5.70. The van der Waals surface area contributed by atoms with Gasteiger partial charge in [-0.05, 0) is 43.7 Å². The Kier molecular flexibility index (Phi) is 5.28. The molecule has 0 saturated carbocycles. The SMILES string of the molecule is CC(C)NC(=O)c1ccnc(N2CCO[C@H](c3ccc(F)cc3)C2)c1. The lowest BCUT2D eigenvalue weighted by Crippen LogP contribution is -2.39. The molecule has 0 bridgehead atoms. The molecule has 2 aromatic rings. The molecule has 1 fully saturated rings. The van der Waals surface area contributed by atoms with Gasteiger partial charge in [-0.2, -0.15) is 0 Å². The molecule has 6 heteroatoms. The molecule has 1 aliphatic rings. The van der Waals surface area contributed by atoms with Gasteiger partial charge in [-0.3, -0.25) is 4.79 Å². The number of carbonyl (C=O) groups excluding carboxylic acids is 1. The van der Waals surface area contributed by atoms with Crippen LogP contribution in [0.1, 0.15) is 35.9 Å². The maximum atomic E-state index is 13.1. The van der Waals surface area contributed by atoms with Gasteiger partial charge in [0, 0.05) is 30.9 Å². The maximum Gasteiger partial charge on any atom is 0.251 e. The first-order chi connectivity index (χ1) is 12.0. The van der Waals surface area contributed by atoms with Crippen molar-refractivity contribution in [3.05, 3.63) is 59.5 Å². The number of anilines is 1. The predicted octanol–water partition coefficient (Wildman–Crippen LogP) is 2.94. The van der Waals surface area contributed by atoms with Crippen molar-refractivity contribution in [1.29, 1.82) is 0 Å². The molecule has 0 unspecified atom stereocenters. The minimum atomic E-state index is -0.262. The molecule has 3 rings (SSSR count). The number of nitrogens with one attached hydrogen (secondary N) is 1. The van der Waals surface area contributed by atoms with E-state index in [-0.39, 0.29) is 23.9 Å². The fourth-order valence-electron chi connectivity index (χ4n) is 2.81. The molecule has 0 aliphatic carbocycles. The van der Waals surface area contributed by atoms with Crippen LogP contribution in [0, 0.1) is 5.82 Å². The van der Waals surface area contributed by atoms with Gasteiger partial charge in [-0.1, -0.05) is 12.1 Å². The van der Waals surface area contributed by atoms with Gasteiger partial charge in [0.1, 0.15) is 17.7 Å². The van der Waals surface area contributed by atoms with E-state index < -0.39 is 0 Å². The van der Waals surface area contributed by atoms with Gasteiger partial charge in [-0.15, -0.1) is 0 Å². The number of carbonyl (C=O) groups is 1. The van der Waals surface area contributed by atoms with Crippen LogP contribution in [-0.4, -0.2) is 36.6 Å². The first kappa shape index (κ1) is 17.4. The van der Waals surface area contributed by atoms with Crippen LogP contribution in [0.4, 0.5) is 10.2 Å². The Balaban J connectivity index is 1.75. The maximum absolute atomic E-state index is 13.1. The normalized spacial score (nSPS) is 17.6. The van der Waals surface area contributed by atoms with E-state index in [0.717, 1.165) is 11.4 Å². The largest absolute Gasteiger partial charge is 0.370 e. The Morgan fingerprint density at radius 2 is 2.08 bits per heavy atom. The molecule has 1 aromatic carbocycles. The molecule has 1 atom stereocenters. The Morgan fingerprint density at radius 1 is 1.32 bits per heavy atom. The van der Waals surface area contributed by atoms with Gasteiger partial charge in [-0.25, -0.2) is 9.37 Å². The van der Waals surface area contributed by atoms with Crippen molar-refractivity contribution in [3.63, 3.8) is 0 Å². The lowest BCUT2D eigenvalue weighted by atomic mass is 10.1. The summed E-state index contributed by atoms with van der Waals surface area (Å²) in [5.74, 6) is 0.371. The van der Waals surface area contributed by atoms with Crippen LogP contribution >= 0.6 is 0 Å². The number of pyridine rings is 1. The van der Waals surface area contributed by atoms with E-state index >= 15 is 0 Å². The van der Waals surface area contributed by atoms with Crippen LogP contribution in [0.2, 0.25) is 0 Å². The fourth-order valence-corrected chi connectivity index (χ4v) is 2.81. The van der Waals surface area contributed by atoms with Crippen molar-refractivity contribution in [2.24, 2.45) is 0 Å². The van der Waals surface area contributed by atoms with Crippen LogP contribution in [0.25, 0.3) is 0 Å². The average molecular weight is 343 g/mol. The van der Waals surface area contributed by atoms with Crippen LogP contribution in [0.15, 0.2) is 42.6 Å². The monoisotopic (exact) mass is 343 g/mol. The highest BCUT2D eigenvalue weighted by molar-refractivity contribution is 5.94. The molecule has 25 heavy (non-hydrogen) atoms. The fraction of sp³-hybridized carbons (Fsp3) is 0.368. The van der Waals surface area contributed by atoms with E-state index in [9.17, 15) is 9.18 Å². The van der Waals surface area contributed by atoms with Crippen LogP contribution < -0.4 is 10.2 Å². The molecule has 1 aliphatic heterocycles. The topological polar surface area (TPSA) is 54.5 Å². The van der Waals surface area contributed by atoms with E-state index in [1.165, 1.54) is 12.1 Å². The molecule has 1 saturated heterocycles. The molecular formula is C19H22FN3O2. The molecule has 1 amide bonds. The first-order valence-electron chi connectivity index (χ1n) is 8.42. The van der Waals surface area contributed by atoms with Crippen molar-refractivity contribution >= 4 is 11.7 Å². The number of halogens is 1. The van der Waals surface area contributed by atoms with Gasteiger partial charge < -0.3 is 15.0 Å². The van der Waals surface area contributed by atoms with Crippen molar-refractivity contribution < 1.29 is 13.9 Å². The zero-order valence-electron chi connectivity index (χ0n) is 14.4. The smallest absolute Gasteiger partial charge is 0.251 e. The van der Waals surface area contributed by atoms with Gasteiger partial charge in [0.2, 0.25) is 0 Å². The van der Waals surface area contributed by atoms with E-state index in [0.29, 0.717) is 25.3 Å². The average Bonchev–Trinajstić information content (AvgIpc) is 2.62. The van der Waals surface area contributed by atoms with E-state index in [4.69, 9.17) is 4.74 Å². The summed E-state index contributed by atoms with van der Waals surface area (Å²) in [7, 11) is 0. The van der Waals surface area contributed by atoms with Crippen molar-refractivity contribution in [1.82, 2.24) is 10.3 Å². The summed E-state index contributed by atoms with van der Waals surface area (Å²) < 4.78 is 18.9. The molecule has 132 valence electrons. The minimum Gasteiger partial charge on any atom is -0.370 e. The standard InChI is InChI=1S/C19H22FN3O2/c1-13(2)22-19(24)15-7-8-21-18(11-15)23-9-10-25-17(12-23)14-3-5-16(20)6-4-14/h3-8,11,13,17H,9-10,12H2,1-2H3,(H,22,24)/t17-/m0/s1. The molecule has 5 nitrogen and oxygen atoms in total. The number of hydrogen-bond donors (Lipinski definition) is 1. The Morgan fingerprint density at radius 3 is 2.80 bits per heavy atom. The molecule has 1 N–H and O–H groups in total. The predicted molar refractivity (Wildman–Crippen MR) is 94.1 cm³/mol. The van der Waals surface area contributed by atoms with Crippen molar-refractivity contribution in [3.8, 4) is 0 Å². The summed E-state index contributed by atoms with van der Waals surface area (Å²) in [4.78, 5) is 18.7. The summed E-state index contributed by atoms with van der Waals surface area (Å²) >= 11 is 0. The Hall–Kier alpha value is -2.47. The van der Waals surface area contributed by atoms with E-state index in [1.54, 1.807) is 30.5 Å². The van der Waals surface area contributed by atoms with Crippen LogP contribution in [-0.2, 0) is 4.74 Å². The van der Waals surface area contributed by atoms with Gasteiger partial charge in [0.25, 0.3) is 5.91 Å². The second kappa shape index (κ2) is 7.61. The van der Waals surface area contributed by atoms with E-state index in [1.807, 2.05) is 13.8 Å². The number of hydrogen-bond acceptors (Lipinski definition) is 4. The quantitative estimate of drug-likeness (QED) is 0.927. The van der Waals surface area contributed by atoms with Crippen molar-refractivity contribution in [2.75, 3.05) is 24.6 Å². The molecular weight excluding hydrogens is 321 g/mol.